The third-order valence-corrected chi connectivity index (χ3v) is 5.83. The molecule has 0 spiro atoms. The molecule has 2 amide bonds. The maximum Gasteiger partial charge on any atom is 0.416 e. The number of rotatable bonds is 5. The summed E-state index contributed by atoms with van der Waals surface area (Å²) in [5, 5.41) is 10.6. The molecule has 30 heavy (non-hydrogen) atoms. The van der Waals surface area contributed by atoms with Crippen LogP contribution < -0.4 is 0 Å². The van der Waals surface area contributed by atoms with Gasteiger partial charge >= 0.3 is 6.18 Å². The van der Waals surface area contributed by atoms with Crippen LogP contribution in [0.2, 0.25) is 0 Å². The van der Waals surface area contributed by atoms with Gasteiger partial charge in [0, 0.05) is 17.8 Å². The van der Waals surface area contributed by atoms with Gasteiger partial charge in [-0.05, 0) is 29.8 Å². The smallest absolute Gasteiger partial charge is 0.382 e. The van der Waals surface area contributed by atoms with Crippen LogP contribution in [0.3, 0.4) is 0 Å². The highest BCUT2D eigenvalue weighted by Crippen LogP contribution is 2.32. The van der Waals surface area contributed by atoms with Crippen molar-refractivity contribution in [1.82, 2.24) is 9.88 Å². The number of nitrogens with zero attached hydrogens (tertiary/aromatic N) is 2. The molecule has 0 saturated carbocycles. The van der Waals surface area contributed by atoms with Crippen LogP contribution in [0.15, 0.2) is 54.0 Å². The summed E-state index contributed by atoms with van der Waals surface area (Å²) >= 11 is 1.25. The first-order chi connectivity index (χ1) is 14.3. The average molecular weight is 432 g/mol. The summed E-state index contributed by atoms with van der Waals surface area (Å²) in [7, 11) is 0. The van der Waals surface area contributed by atoms with Crippen molar-refractivity contribution in [2.24, 2.45) is 0 Å². The number of carbonyl (C=O) groups is 2. The van der Waals surface area contributed by atoms with Crippen LogP contribution in [0.1, 0.15) is 48.5 Å². The van der Waals surface area contributed by atoms with Crippen molar-refractivity contribution < 1.29 is 27.9 Å². The van der Waals surface area contributed by atoms with Crippen molar-refractivity contribution in [1.29, 1.82) is 0 Å². The Bertz CT molecular complexity index is 1070. The lowest BCUT2D eigenvalue weighted by Gasteiger charge is -2.15. The quantitative estimate of drug-likeness (QED) is 0.617. The molecule has 2 heterocycles. The number of halogens is 3. The first-order valence-corrected chi connectivity index (χ1v) is 9.88. The number of thiazole rings is 1. The fourth-order valence-electron chi connectivity index (χ4n) is 3.36. The molecule has 1 atom stereocenters. The van der Waals surface area contributed by atoms with Gasteiger partial charge in [0.1, 0.15) is 6.10 Å². The molecule has 3 aromatic rings. The molecule has 1 aliphatic heterocycles. The second kappa shape index (κ2) is 7.66. The summed E-state index contributed by atoms with van der Waals surface area (Å²) in [5.41, 5.74) is 2.00. The van der Waals surface area contributed by atoms with Gasteiger partial charge in [0.2, 0.25) is 0 Å². The van der Waals surface area contributed by atoms with Crippen LogP contribution in [0.25, 0.3) is 0 Å². The largest absolute Gasteiger partial charge is 0.416 e. The number of carbonyl (C=O) groups excluding carboxylic acids is 2. The number of fused-ring (bicyclic) bond motifs is 1. The van der Waals surface area contributed by atoms with E-state index < -0.39 is 17.8 Å². The SMILES string of the molecule is O=C1c2ccccc2C(=O)N1CCc1scnc1C(O)c1ccc(C(F)(F)F)cc1. The zero-order valence-corrected chi connectivity index (χ0v) is 16.2. The molecule has 5 nitrogen and oxygen atoms in total. The van der Waals surface area contributed by atoms with Crippen molar-refractivity contribution in [2.45, 2.75) is 18.7 Å². The van der Waals surface area contributed by atoms with Crippen molar-refractivity contribution in [3.63, 3.8) is 0 Å². The number of hydrogen-bond donors (Lipinski definition) is 1. The topological polar surface area (TPSA) is 70.5 Å². The molecule has 1 N–H and O–H groups in total. The van der Waals surface area contributed by atoms with E-state index in [9.17, 15) is 27.9 Å². The summed E-state index contributed by atoms with van der Waals surface area (Å²) in [6.45, 7) is 0.112. The summed E-state index contributed by atoms with van der Waals surface area (Å²) in [6, 6.07) is 10.8. The predicted octanol–water partition coefficient (Wildman–Crippen LogP) is 4.08. The van der Waals surface area contributed by atoms with Gasteiger partial charge in [0.15, 0.2) is 0 Å². The Kier molecular flexibility index (Phi) is 5.17. The Labute approximate surface area is 173 Å². The van der Waals surface area contributed by atoms with Crippen molar-refractivity contribution >= 4 is 23.2 Å². The molecular formula is C21H15F3N2O3S. The minimum atomic E-state index is -4.46. The molecule has 0 bridgehead atoms. The zero-order valence-electron chi connectivity index (χ0n) is 15.4. The highest BCUT2D eigenvalue weighted by atomic mass is 32.1. The summed E-state index contributed by atoms with van der Waals surface area (Å²) in [6.07, 6.45) is -5.39. The van der Waals surface area contributed by atoms with Gasteiger partial charge in [-0.25, -0.2) is 4.98 Å². The first-order valence-electron chi connectivity index (χ1n) is 9.00. The molecule has 9 heteroatoms. The van der Waals surface area contributed by atoms with Gasteiger partial charge in [-0.15, -0.1) is 11.3 Å². The number of aromatic nitrogens is 1. The Morgan fingerprint density at radius 1 is 1.00 bits per heavy atom. The molecule has 0 aliphatic carbocycles. The number of imide groups is 1. The molecular weight excluding hydrogens is 417 g/mol. The van der Waals surface area contributed by atoms with Crippen LogP contribution >= 0.6 is 11.3 Å². The van der Waals surface area contributed by atoms with E-state index >= 15 is 0 Å². The fraction of sp³-hybridized carbons (Fsp3) is 0.190. The third kappa shape index (κ3) is 3.61. The maximum absolute atomic E-state index is 12.7. The van der Waals surface area contributed by atoms with E-state index in [0.717, 1.165) is 17.0 Å². The molecule has 154 valence electrons. The minimum Gasteiger partial charge on any atom is -0.382 e. The molecule has 0 fully saturated rings. The molecule has 2 aromatic carbocycles. The molecule has 0 radical (unpaired) electrons. The van der Waals surface area contributed by atoms with Crippen LogP contribution in [-0.4, -0.2) is 33.3 Å². The lowest BCUT2D eigenvalue weighted by molar-refractivity contribution is -0.137. The van der Waals surface area contributed by atoms with E-state index in [-0.39, 0.29) is 30.3 Å². The standard InChI is InChI=1S/C21H15F3N2O3S/c22-21(23,24)13-7-5-12(6-8-13)18(27)17-16(30-11-25-17)9-10-26-19(28)14-3-1-2-4-15(14)20(26)29/h1-8,11,18,27H,9-10H2. The number of aliphatic hydroxyl groups is 1. The van der Waals surface area contributed by atoms with Gasteiger partial charge in [-0.2, -0.15) is 13.2 Å². The Balaban J connectivity index is 1.49. The van der Waals surface area contributed by atoms with Crippen LogP contribution in [-0.2, 0) is 12.6 Å². The average Bonchev–Trinajstić information content (AvgIpc) is 3.29. The molecule has 4 rings (SSSR count). The Morgan fingerprint density at radius 2 is 1.60 bits per heavy atom. The predicted molar refractivity (Wildman–Crippen MR) is 103 cm³/mol. The van der Waals surface area contributed by atoms with Crippen LogP contribution in [0.5, 0.6) is 0 Å². The van der Waals surface area contributed by atoms with Gasteiger partial charge in [-0.1, -0.05) is 24.3 Å². The van der Waals surface area contributed by atoms with Gasteiger partial charge in [-0.3, -0.25) is 14.5 Å². The lowest BCUT2D eigenvalue weighted by Crippen LogP contribution is -2.31. The van der Waals surface area contributed by atoms with Crippen molar-refractivity contribution in [3.8, 4) is 0 Å². The summed E-state index contributed by atoms with van der Waals surface area (Å²) in [5.74, 6) is -0.741. The second-order valence-corrected chi connectivity index (χ2v) is 7.68. The molecule has 1 aliphatic rings. The molecule has 0 saturated heterocycles. The van der Waals surface area contributed by atoms with Gasteiger partial charge < -0.3 is 5.11 Å². The highest BCUT2D eigenvalue weighted by molar-refractivity contribution is 7.09. The maximum atomic E-state index is 12.7. The Hall–Kier alpha value is -3.04. The normalized spacial score (nSPS) is 14.9. The van der Waals surface area contributed by atoms with Crippen molar-refractivity contribution in [3.05, 3.63) is 86.9 Å². The van der Waals surface area contributed by atoms with E-state index in [1.807, 2.05) is 0 Å². The first kappa shape index (κ1) is 20.2. The number of alkyl halides is 3. The summed E-state index contributed by atoms with van der Waals surface area (Å²) in [4.78, 5) is 30.9. The third-order valence-electron chi connectivity index (χ3n) is 4.93. The van der Waals surface area contributed by atoms with E-state index in [1.54, 1.807) is 24.3 Å². The molecule has 1 aromatic heterocycles. The van der Waals surface area contributed by atoms with Crippen LogP contribution in [0, 0.1) is 0 Å². The highest BCUT2D eigenvalue weighted by Gasteiger charge is 2.35. The van der Waals surface area contributed by atoms with E-state index in [4.69, 9.17) is 0 Å². The number of aliphatic hydroxyl groups excluding tert-OH is 1. The van der Waals surface area contributed by atoms with Gasteiger partial charge in [0.25, 0.3) is 11.8 Å². The number of benzene rings is 2. The zero-order chi connectivity index (χ0) is 21.5. The number of hydrogen-bond acceptors (Lipinski definition) is 5. The fourth-order valence-corrected chi connectivity index (χ4v) is 4.14. The minimum absolute atomic E-state index is 0.112. The monoisotopic (exact) mass is 432 g/mol. The van der Waals surface area contributed by atoms with E-state index in [2.05, 4.69) is 4.98 Å². The molecule has 1 unspecified atom stereocenters. The van der Waals surface area contributed by atoms with Crippen molar-refractivity contribution in [2.75, 3.05) is 6.54 Å². The summed E-state index contributed by atoms with van der Waals surface area (Å²) < 4.78 is 38.2. The second-order valence-electron chi connectivity index (χ2n) is 6.74. The lowest BCUT2D eigenvalue weighted by atomic mass is 10.0. The van der Waals surface area contributed by atoms with E-state index in [1.165, 1.54) is 29.0 Å². The van der Waals surface area contributed by atoms with E-state index in [0.29, 0.717) is 21.7 Å². The number of amides is 2. The Morgan fingerprint density at radius 3 is 2.17 bits per heavy atom. The van der Waals surface area contributed by atoms with Crippen LogP contribution in [0.4, 0.5) is 13.2 Å². The van der Waals surface area contributed by atoms with Gasteiger partial charge in [0.05, 0.1) is 27.9 Å².